The number of rotatable bonds is 10. The van der Waals surface area contributed by atoms with E-state index < -0.39 is 0 Å². The van der Waals surface area contributed by atoms with E-state index in [9.17, 15) is 9.59 Å². The van der Waals surface area contributed by atoms with E-state index in [2.05, 4.69) is 6.58 Å². The van der Waals surface area contributed by atoms with Gasteiger partial charge in [0.1, 0.15) is 18.9 Å². The summed E-state index contributed by atoms with van der Waals surface area (Å²) in [6, 6.07) is 3.61. The largest absolute Gasteiger partial charge is 0.467 e. The first kappa shape index (κ1) is 19.2. The Morgan fingerprint density at radius 3 is 2.84 bits per heavy atom. The third kappa shape index (κ3) is 6.03. The maximum Gasteiger partial charge on any atom is 0.249 e. The highest BCUT2D eigenvalue weighted by Gasteiger charge is 2.25. The van der Waals surface area contributed by atoms with Crippen LogP contribution in [0.1, 0.15) is 18.6 Å². The van der Waals surface area contributed by atoms with E-state index in [1.807, 2.05) is 6.07 Å². The normalized spacial score (nSPS) is 16.6. The third-order valence-electron chi connectivity index (χ3n) is 4.02. The smallest absolute Gasteiger partial charge is 0.249 e. The first-order valence-corrected chi connectivity index (χ1v) is 8.43. The van der Waals surface area contributed by atoms with Gasteiger partial charge >= 0.3 is 0 Å². The van der Waals surface area contributed by atoms with Crippen molar-refractivity contribution in [2.24, 2.45) is 0 Å². The molecule has 0 saturated carbocycles. The van der Waals surface area contributed by atoms with Crippen molar-refractivity contribution in [1.82, 2.24) is 9.80 Å². The molecule has 2 heterocycles. The van der Waals surface area contributed by atoms with E-state index in [-0.39, 0.29) is 31.1 Å². The van der Waals surface area contributed by atoms with E-state index in [1.165, 1.54) is 12.0 Å². The van der Waals surface area contributed by atoms with Gasteiger partial charge in [-0.25, -0.2) is 0 Å². The second kappa shape index (κ2) is 10.0. The molecule has 138 valence electrons. The maximum absolute atomic E-state index is 12.8. The molecule has 25 heavy (non-hydrogen) atoms. The molecular formula is C18H26N2O5. The Labute approximate surface area is 148 Å². The molecule has 0 unspecified atom stereocenters. The summed E-state index contributed by atoms with van der Waals surface area (Å²) in [5.41, 5.74) is 0. The van der Waals surface area contributed by atoms with Crippen LogP contribution in [0.2, 0.25) is 0 Å². The molecule has 1 aromatic rings. The predicted octanol–water partition coefficient (Wildman–Crippen LogP) is 1.45. The molecule has 2 rings (SSSR count). The Kier molecular flexibility index (Phi) is 7.69. The highest BCUT2D eigenvalue weighted by molar-refractivity contribution is 5.85. The van der Waals surface area contributed by atoms with Crippen LogP contribution in [0, 0.1) is 0 Å². The molecule has 0 aliphatic carbocycles. The van der Waals surface area contributed by atoms with Crippen molar-refractivity contribution in [3.63, 3.8) is 0 Å². The van der Waals surface area contributed by atoms with Crippen molar-refractivity contribution in [3.8, 4) is 0 Å². The molecular weight excluding hydrogens is 324 g/mol. The molecule has 0 bridgehead atoms. The van der Waals surface area contributed by atoms with Gasteiger partial charge in [0, 0.05) is 26.8 Å². The zero-order valence-electron chi connectivity index (χ0n) is 14.7. The fourth-order valence-electron chi connectivity index (χ4n) is 2.77. The zero-order valence-corrected chi connectivity index (χ0v) is 14.7. The molecule has 0 spiro atoms. The van der Waals surface area contributed by atoms with Crippen LogP contribution in [0.5, 0.6) is 0 Å². The molecule has 1 aromatic heterocycles. The van der Waals surface area contributed by atoms with Gasteiger partial charge in [-0.15, -0.1) is 6.58 Å². The Hall–Kier alpha value is -2.12. The van der Waals surface area contributed by atoms with Crippen LogP contribution in [0.25, 0.3) is 0 Å². The Balaban J connectivity index is 2.03. The van der Waals surface area contributed by atoms with Crippen molar-refractivity contribution in [3.05, 3.63) is 36.8 Å². The average Bonchev–Trinajstić information content (AvgIpc) is 3.28. The first-order valence-electron chi connectivity index (χ1n) is 8.43. The summed E-state index contributed by atoms with van der Waals surface area (Å²) in [4.78, 5) is 28.0. The summed E-state index contributed by atoms with van der Waals surface area (Å²) in [6.45, 7) is 5.41. The lowest BCUT2D eigenvalue weighted by atomic mass is 10.2. The molecule has 0 N–H and O–H groups in total. The lowest BCUT2D eigenvalue weighted by molar-refractivity contribution is -0.143. The van der Waals surface area contributed by atoms with Gasteiger partial charge in [-0.2, -0.15) is 0 Å². The van der Waals surface area contributed by atoms with Crippen molar-refractivity contribution < 1.29 is 23.5 Å². The standard InChI is InChI=1S/C18H26N2O5/c1-3-8-19(18(22)14-23-2)13-17(21)20(11-15-6-4-9-24-15)12-16-7-5-10-25-16/h3-4,6,9,16H,1,5,7-8,10-14H2,2H3/t16-/m0/s1. The number of hydrogen-bond acceptors (Lipinski definition) is 5. The molecule has 1 aliphatic rings. The number of ether oxygens (including phenoxy) is 2. The first-order chi connectivity index (χ1) is 12.1. The number of methoxy groups -OCH3 is 1. The summed E-state index contributed by atoms with van der Waals surface area (Å²) < 4.78 is 15.9. The molecule has 7 nitrogen and oxygen atoms in total. The van der Waals surface area contributed by atoms with Crippen LogP contribution >= 0.6 is 0 Å². The van der Waals surface area contributed by atoms with Crippen LogP contribution in [0.4, 0.5) is 0 Å². The van der Waals surface area contributed by atoms with Crippen molar-refractivity contribution in [1.29, 1.82) is 0 Å². The van der Waals surface area contributed by atoms with E-state index >= 15 is 0 Å². The van der Waals surface area contributed by atoms with Gasteiger partial charge in [0.2, 0.25) is 11.8 Å². The van der Waals surface area contributed by atoms with Crippen molar-refractivity contribution in [2.75, 3.05) is 40.0 Å². The van der Waals surface area contributed by atoms with Gasteiger partial charge in [0.15, 0.2) is 0 Å². The van der Waals surface area contributed by atoms with Crippen LogP contribution in [-0.2, 0) is 25.6 Å². The van der Waals surface area contributed by atoms with Crippen LogP contribution in [0.3, 0.4) is 0 Å². The highest BCUT2D eigenvalue weighted by Crippen LogP contribution is 2.16. The molecule has 7 heteroatoms. The summed E-state index contributed by atoms with van der Waals surface area (Å²) in [6.07, 6.45) is 5.14. The fraction of sp³-hybridized carbons (Fsp3) is 0.556. The van der Waals surface area contributed by atoms with E-state index in [4.69, 9.17) is 13.9 Å². The molecule has 0 radical (unpaired) electrons. The van der Waals surface area contributed by atoms with Gasteiger partial charge in [-0.1, -0.05) is 6.08 Å². The topological polar surface area (TPSA) is 72.2 Å². The van der Waals surface area contributed by atoms with Gasteiger partial charge in [-0.3, -0.25) is 9.59 Å². The number of carbonyl (C=O) groups excluding carboxylic acids is 2. The monoisotopic (exact) mass is 350 g/mol. The van der Waals surface area contributed by atoms with Crippen LogP contribution < -0.4 is 0 Å². The quantitative estimate of drug-likeness (QED) is 0.597. The summed E-state index contributed by atoms with van der Waals surface area (Å²) in [5.74, 6) is 0.300. The summed E-state index contributed by atoms with van der Waals surface area (Å²) in [7, 11) is 1.45. The minimum Gasteiger partial charge on any atom is -0.467 e. The van der Waals surface area contributed by atoms with E-state index in [1.54, 1.807) is 23.3 Å². The molecule has 0 aromatic carbocycles. The minimum atomic E-state index is -0.245. The molecule has 1 aliphatic heterocycles. The number of carbonyl (C=O) groups is 2. The van der Waals surface area contributed by atoms with Gasteiger partial charge in [-0.05, 0) is 25.0 Å². The molecule has 1 saturated heterocycles. The van der Waals surface area contributed by atoms with Crippen LogP contribution in [0.15, 0.2) is 35.5 Å². The minimum absolute atomic E-state index is 0.0261. The van der Waals surface area contributed by atoms with Crippen molar-refractivity contribution >= 4 is 11.8 Å². The Morgan fingerprint density at radius 1 is 1.40 bits per heavy atom. The van der Waals surface area contributed by atoms with Gasteiger partial charge in [0.25, 0.3) is 0 Å². The van der Waals surface area contributed by atoms with Gasteiger partial charge < -0.3 is 23.7 Å². The summed E-state index contributed by atoms with van der Waals surface area (Å²) >= 11 is 0. The fourth-order valence-corrected chi connectivity index (χ4v) is 2.77. The van der Waals surface area contributed by atoms with Crippen molar-refractivity contribution in [2.45, 2.75) is 25.5 Å². The predicted molar refractivity (Wildman–Crippen MR) is 91.8 cm³/mol. The number of hydrogen-bond donors (Lipinski definition) is 0. The summed E-state index contributed by atoms with van der Waals surface area (Å²) in [5, 5.41) is 0. The molecule has 1 atom stereocenters. The zero-order chi connectivity index (χ0) is 18.1. The maximum atomic E-state index is 12.8. The second-order valence-electron chi connectivity index (χ2n) is 5.98. The number of furan rings is 1. The highest BCUT2D eigenvalue weighted by atomic mass is 16.5. The van der Waals surface area contributed by atoms with Crippen LogP contribution in [-0.4, -0.2) is 67.7 Å². The second-order valence-corrected chi connectivity index (χ2v) is 5.98. The Morgan fingerprint density at radius 2 is 2.24 bits per heavy atom. The van der Waals surface area contributed by atoms with Gasteiger partial charge in [0.05, 0.1) is 18.9 Å². The molecule has 1 fully saturated rings. The van der Waals surface area contributed by atoms with E-state index in [0.717, 1.165) is 19.4 Å². The number of nitrogens with zero attached hydrogens (tertiary/aromatic N) is 2. The number of amides is 2. The SMILES string of the molecule is C=CCN(CC(=O)N(Cc1ccco1)C[C@@H]1CCCO1)C(=O)COC. The lowest BCUT2D eigenvalue weighted by Gasteiger charge is -2.28. The Bertz CT molecular complexity index is 552. The van der Waals surface area contributed by atoms with E-state index in [0.29, 0.717) is 25.4 Å². The lowest BCUT2D eigenvalue weighted by Crippen LogP contribution is -2.45. The average molecular weight is 350 g/mol. The molecule has 2 amide bonds. The third-order valence-corrected chi connectivity index (χ3v) is 4.02.